The van der Waals surface area contributed by atoms with Gasteiger partial charge in [0.05, 0.1) is 22.7 Å². The molecule has 0 saturated heterocycles. The largest absolute Gasteiger partial charge is 0.466 e. The number of amides is 1. The average molecular weight is 427 g/mol. The molecule has 0 spiro atoms. The first-order chi connectivity index (χ1) is 13.1. The fourth-order valence-corrected chi connectivity index (χ4v) is 4.05. The van der Waals surface area contributed by atoms with Crippen molar-refractivity contribution in [1.29, 1.82) is 0 Å². The van der Waals surface area contributed by atoms with Gasteiger partial charge < -0.3 is 10.1 Å². The van der Waals surface area contributed by atoms with E-state index in [1.54, 1.807) is 37.3 Å². The maximum absolute atomic E-state index is 12.0. The molecule has 0 saturated carbocycles. The third kappa shape index (κ3) is 5.50. The Morgan fingerprint density at radius 3 is 2.43 bits per heavy atom. The number of anilines is 2. The number of benzene rings is 1. The number of rotatable bonds is 8. The minimum absolute atomic E-state index is 0.0891. The van der Waals surface area contributed by atoms with Crippen molar-refractivity contribution < 1.29 is 27.7 Å². The maximum atomic E-state index is 12.0. The summed E-state index contributed by atoms with van der Waals surface area (Å²) in [4.78, 5) is 34.6. The van der Waals surface area contributed by atoms with Crippen molar-refractivity contribution >= 4 is 49.6 Å². The molecule has 0 aliphatic carbocycles. The average Bonchev–Trinajstić information content (AvgIpc) is 2.91. The molecule has 0 atom stereocenters. The summed E-state index contributed by atoms with van der Waals surface area (Å²) in [6.45, 7) is 1.67. The van der Waals surface area contributed by atoms with Crippen LogP contribution in [0.3, 0.4) is 0 Å². The molecule has 28 heavy (non-hydrogen) atoms. The lowest BCUT2D eigenvalue weighted by atomic mass is 10.1. The fraction of sp³-hybridized carbons (Fsp3) is 0.250. The van der Waals surface area contributed by atoms with Crippen LogP contribution in [0.5, 0.6) is 0 Å². The second-order valence-electron chi connectivity index (χ2n) is 5.51. The summed E-state index contributed by atoms with van der Waals surface area (Å²) in [5.74, 6) is -1.59. The third-order valence-corrected chi connectivity index (χ3v) is 4.97. The van der Waals surface area contributed by atoms with Crippen LogP contribution in [0.15, 0.2) is 30.3 Å². The van der Waals surface area contributed by atoms with Crippen LogP contribution in [-0.2, 0) is 24.3 Å². The lowest BCUT2D eigenvalue weighted by Gasteiger charge is -2.05. The molecule has 0 fully saturated rings. The highest BCUT2D eigenvalue weighted by atomic mass is 32.2. The van der Waals surface area contributed by atoms with Gasteiger partial charge in [-0.3, -0.25) is 24.4 Å². The minimum atomic E-state index is -3.84. The van der Waals surface area contributed by atoms with Gasteiger partial charge >= 0.3 is 11.7 Å². The van der Waals surface area contributed by atoms with Gasteiger partial charge in [-0.05, 0) is 12.5 Å². The Morgan fingerprint density at radius 1 is 1.25 bits per heavy atom. The van der Waals surface area contributed by atoms with E-state index < -0.39 is 38.9 Å². The first-order valence-corrected chi connectivity index (χ1v) is 10.6. The molecule has 150 valence electrons. The molecule has 12 heteroatoms. The molecule has 10 nitrogen and oxygen atoms in total. The summed E-state index contributed by atoms with van der Waals surface area (Å²) >= 11 is 0.824. The normalized spacial score (nSPS) is 10.9. The number of carbonyl (C=O) groups is 2. The fourth-order valence-electron chi connectivity index (χ4n) is 2.27. The Kier molecular flexibility index (Phi) is 6.70. The Morgan fingerprint density at radius 2 is 1.89 bits per heavy atom. The predicted molar refractivity (Wildman–Crippen MR) is 105 cm³/mol. The van der Waals surface area contributed by atoms with Gasteiger partial charge in [0.2, 0.25) is 15.9 Å². The van der Waals surface area contributed by atoms with Gasteiger partial charge in [0.25, 0.3) is 0 Å². The monoisotopic (exact) mass is 427 g/mol. The molecule has 1 aromatic heterocycles. The Bertz CT molecular complexity index is 1000. The number of ether oxygens (including phenoxy) is 1. The number of hydrogen-bond acceptors (Lipinski definition) is 8. The van der Waals surface area contributed by atoms with Crippen LogP contribution in [-0.4, -0.2) is 38.1 Å². The van der Waals surface area contributed by atoms with Crippen LogP contribution in [0.1, 0.15) is 13.3 Å². The molecular formula is C16H17N3O7S2. The second kappa shape index (κ2) is 8.80. The molecule has 0 aliphatic heterocycles. The number of nitro groups is 1. The Labute approximate surface area is 164 Å². The minimum Gasteiger partial charge on any atom is -0.466 e. The van der Waals surface area contributed by atoms with E-state index in [-0.39, 0.29) is 22.2 Å². The molecule has 0 bridgehead atoms. The summed E-state index contributed by atoms with van der Waals surface area (Å²) in [5, 5.41) is 13.7. The molecule has 2 rings (SSSR count). The molecule has 0 unspecified atom stereocenters. The van der Waals surface area contributed by atoms with Crippen LogP contribution >= 0.6 is 11.3 Å². The van der Waals surface area contributed by atoms with E-state index in [0.29, 0.717) is 5.56 Å². The Balaban J connectivity index is 2.52. The van der Waals surface area contributed by atoms with E-state index in [9.17, 15) is 28.1 Å². The zero-order valence-electron chi connectivity index (χ0n) is 14.9. The lowest BCUT2D eigenvalue weighted by molar-refractivity contribution is -0.382. The van der Waals surface area contributed by atoms with Gasteiger partial charge in [0.15, 0.2) is 5.00 Å². The van der Waals surface area contributed by atoms with Crippen molar-refractivity contribution in [3.05, 3.63) is 40.4 Å². The van der Waals surface area contributed by atoms with Gasteiger partial charge in [-0.2, -0.15) is 0 Å². The van der Waals surface area contributed by atoms with Crippen molar-refractivity contribution in [2.45, 2.75) is 13.3 Å². The SMILES string of the molecule is CCOC(=O)CC(=O)Nc1sc(-c2ccccc2)c(NS(C)(=O)=O)c1[N+](=O)[O-]. The number of carbonyl (C=O) groups excluding carboxylic acids is 2. The molecule has 0 radical (unpaired) electrons. The second-order valence-corrected chi connectivity index (χ2v) is 8.28. The molecule has 2 N–H and O–H groups in total. The zero-order valence-corrected chi connectivity index (χ0v) is 16.6. The van der Waals surface area contributed by atoms with Crippen molar-refractivity contribution in [3.63, 3.8) is 0 Å². The highest BCUT2D eigenvalue weighted by Crippen LogP contribution is 2.49. The molecule has 1 heterocycles. The number of esters is 1. The van der Waals surface area contributed by atoms with E-state index in [4.69, 9.17) is 0 Å². The van der Waals surface area contributed by atoms with E-state index in [0.717, 1.165) is 17.6 Å². The maximum Gasteiger partial charge on any atom is 0.328 e. The van der Waals surface area contributed by atoms with Crippen molar-refractivity contribution in [2.75, 3.05) is 22.9 Å². The number of hydrogen-bond donors (Lipinski definition) is 2. The van der Waals surface area contributed by atoms with Crippen LogP contribution < -0.4 is 10.0 Å². The van der Waals surface area contributed by atoms with Gasteiger partial charge in [0.1, 0.15) is 12.1 Å². The molecule has 1 aromatic carbocycles. The van der Waals surface area contributed by atoms with Gasteiger partial charge in [0, 0.05) is 0 Å². The van der Waals surface area contributed by atoms with Crippen molar-refractivity contribution in [3.8, 4) is 10.4 Å². The van der Waals surface area contributed by atoms with Crippen LogP contribution in [0.2, 0.25) is 0 Å². The van der Waals surface area contributed by atoms with Crippen molar-refractivity contribution in [1.82, 2.24) is 0 Å². The van der Waals surface area contributed by atoms with E-state index in [1.165, 1.54) is 0 Å². The van der Waals surface area contributed by atoms with E-state index in [2.05, 4.69) is 14.8 Å². The quantitative estimate of drug-likeness (QED) is 0.285. The standard InChI is InChI=1S/C16H17N3O7S2/c1-3-26-12(21)9-11(20)17-16-14(19(22)23)13(18-28(2,24)25)15(27-16)10-7-5-4-6-8-10/h4-8,18H,3,9H2,1-2H3,(H,17,20). The summed E-state index contributed by atoms with van der Waals surface area (Å²) in [6.07, 6.45) is 0.237. The topological polar surface area (TPSA) is 145 Å². The van der Waals surface area contributed by atoms with Crippen LogP contribution in [0.4, 0.5) is 16.4 Å². The van der Waals surface area contributed by atoms with Crippen molar-refractivity contribution in [2.24, 2.45) is 0 Å². The number of sulfonamides is 1. The molecular weight excluding hydrogens is 410 g/mol. The first-order valence-electron chi connectivity index (χ1n) is 7.92. The number of thiophene rings is 1. The number of nitrogens with one attached hydrogen (secondary N) is 2. The van der Waals surface area contributed by atoms with E-state index in [1.807, 2.05) is 0 Å². The van der Waals surface area contributed by atoms with Gasteiger partial charge in [-0.15, -0.1) is 11.3 Å². The lowest BCUT2D eigenvalue weighted by Crippen LogP contribution is -2.18. The van der Waals surface area contributed by atoms with Gasteiger partial charge in [-0.25, -0.2) is 8.42 Å². The van der Waals surface area contributed by atoms with Crippen LogP contribution in [0, 0.1) is 10.1 Å². The summed E-state index contributed by atoms with van der Waals surface area (Å²) in [6, 6.07) is 8.39. The van der Waals surface area contributed by atoms with Gasteiger partial charge in [-0.1, -0.05) is 30.3 Å². The van der Waals surface area contributed by atoms with Crippen LogP contribution in [0.25, 0.3) is 10.4 Å². The van der Waals surface area contributed by atoms with E-state index >= 15 is 0 Å². The first kappa shape index (κ1) is 21.3. The highest BCUT2D eigenvalue weighted by Gasteiger charge is 2.31. The smallest absolute Gasteiger partial charge is 0.328 e. The molecule has 0 aliphatic rings. The summed E-state index contributed by atoms with van der Waals surface area (Å²) in [7, 11) is -3.84. The predicted octanol–water partition coefficient (Wildman–Crippen LogP) is 2.59. The zero-order chi connectivity index (χ0) is 20.9. The Hall–Kier alpha value is -2.99. The third-order valence-electron chi connectivity index (χ3n) is 3.25. The molecule has 2 aromatic rings. The number of nitrogens with zero attached hydrogens (tertiary/aromatic N) is 1. The highest BCUT2D eigenvalue weighted by molar-refractivity contribution is 7.92. The molecule has 1 amide bonds. The summed E-state index contributed by atoms with van der Waals surface area (Å²) in [5.41, 5.74) is -0.339. The summed E-state index contributed by atoms with van der Waals surface area (Å²) < 4.78 is 30.3.